The summed E-state index contributed by atoms with van der Waals surface area (Å²) in [6.45, 7) is 7.92. The van der Waals surface area contributed by atoms with Crippen LogP contribution in [0.3, 0.4) is 0 Å². The molecule has 0 saturated carbocycles. The first-order valence-corrected chi connectivity index (χ1v) is 12.3. The van der Waals surface area contributed by atoms with E-state index >= 15 is 0 Å². The fraction of sp³-hybridized carbons (Fsp3) is 0.308. The maximum Gasteiger partial charge on any atom is 0.262 e. The van der Waals surface area contributed by atoms with Gasteiger partial charge in [-0.2, -0.15) is 0 Å². The normalized spacial score (nSPS) is 15.3. The van der Waals surface area contributed by atoms with Crippen molar-refractivity contribution >= 4 is 39.8 Å². The van der Waals surface area contributed by atoms with Crippen molar-refractivity contribution in [1.29, 1.82) is 0 Å². The molecule has 3 aromatic rings. The Morgan fingerprint density at radius 3 is 2.48 bits per heavy atom. The van der Waals surface area contributed by atoms with Crippen LogP contribution < -0.4 is 10.2 Å². The first kappa shape index (κ1) is 23.5. The van der Waals surface area contributed by atoms with Gasteiger partial charge in [0, 0.05) is 37.4 Å². The van der Waals surface area contributed by atoms with Crippen molar-refractivity contribution in [2.24, 2.45) is 0 Å². The summed E-state index contributed by atoms with van der Waals surface area (Å²) in [5.41, 5.74) is 5.69. The number of benzene rings is 2. The van der Waals surface area contributed by atoms with E-state index in [1.165, 1.54) is 11.3 Å². The largest absolute Gasteiger partial charge is 0.369 e. The fourth-order valence-corrected chi connectivity index (χ4v) is 4.99. The van der Waals surface area contributed by atoms with Crippen LogP contribution in [0, 0.1) is 6.92 Å². The summed E-state index contributed by atoms with van der Waals surface area (Å²) in [6.07, 6.45) is 0. The third-order valence-electron chi connectivity index (χ3n) is 6.19. The molecule has 0 bridgehead atoms. The van der Waals surface area contributed by atoms with Crippen LogP contribution in [0.5, 0.6) is 0 Å². The zero-order valence-electron chi connectivity index (χ0n) is 19.1. The smallest absolute Gasteiger partial charge is 0.262 e. The third kappa shape index (κ3) is 5.46. The lowest BCUT2D eigenvalue weighted by atomic mass is 10.0. The van der Waals surface area contributed by atoms with E-state index in [0.717, 1.165) is 54.1 Å². The molecule has 2 heterocycles. The van der Waals surface area contributed by atoms with Crippen molar-refractivity contribution in [3.63, 3.8) is 0 Å². The Balaban J connectivity index is 1.49. The van der Waals surface area contributed by atoms with Gasteiger partial charge in [-0.15, -0.1) is 11.3 Å². The number of carbonyl (C=O) groups is 2. The van der Waals surface area contributed by atoms with E-state index < -0.39 is 5.24 Å². The number of carbonyl (C=O) groups excluding carboxylic acids is 2. The lowest BCUT2D eigenvalue weighted by Crippen LogP contribution is -2.44. The van der Waals surface area contributed by atoms with E-state index in [-0.39, 0.29) is 11.9 Å². The Morgan fingerprint density at radius 1 is 1.03 bits per heavy atom. The second kappa shape index (κ2) is 10.1. The van der Waals surface area contributed by atoms with Crippen molar-refractivity contribution in [2.45, 2.75) is 19.9 Å². The Morgan fingerprint density at radius 2 is 1.79 bits per heavy atom. The summed E-state index contributed by atoms with van der Waals surface area (Å²) in [4.78, 5) is 29.8. The molecule has 0 spiro atoms. The molecule has 1 N–H and O–H groups in total. The van der Waals surface area contributed by atoms with Gasteiger partial charge in [-0.25, -0.2) is 0 Å². The molecule has 0 aliphatic carbocycles. The molecule has 1 aliphatic rings. The Labute approximate surface area is 204 Å². The highest BCUT2D eigenvalue weighted by Crippen LogP contribution is 2.29. The number of halogens is 1. The molecule has 1 amide bonds. The number of amides is 1. The Hall–Kier alpha value is -2.67. The number of piperazine rings is 1. The summed E-state index contributed by atoms with van der Waals surface area (Å²) in [5, 5.41) is 4.63. The summed E-state index contributed by atoms with van der Waals surface area (Å²) in [7, 11) is 2.14. The van der Waals surface area contributed by atoms with Gasteiger partial charge in [-0.3, -0.25) is 9.59 Å². The molecule has 0 radical (unpaired) electrons. The van der Waals surface area contributed by atoms with Crippen molar-refractivity contribution in [3.8, 4) is 11.1 Å². The minimum atomic E-state index is -0.447. The maximum atomic E-state index is 13.2. The molecule has 1 saturated heterocycles. The number of rotatable bonds is 6. The highest BCUT2D eigenvalue weighted by molar-refractivity contribution is 7.14. The predicted octanol–water partition coefficient (Wildman–Crippen LogP) is 5.35. The number of nitrogens with one attached hydrogen (secondary N) is 1. The lowest BCUT2D eigenvalue weighted by Gasteiger charge is -2.34. The molecular formula is C26H28ClN3O2S. The molecule has 33 heavy (non-hydrogen) atoms. The van der Waals surface area contributed by atoms with Crippen molar-refractivity contribution in [2.75, 3.05) is 38.1 Å². The highest BCUT2D eigenvalue weighted by atomic mass is 35.5. The number of hydrogen-bond acceptors (Lipinski definition) is 5. The quantitative estimate of drug-likeness (QED) is 0.482. The molecule has 7 heteroatoms. The van der Waals surface area contributed by atoms with Gasteiger partial charge in [0.15, 0.2) is 0 Å². The second-order valence-electron chi connectivity index (χ2n) is 8.58. The number of nitrogens with zero attached hydrogens (tertiary/aromatic N) is 2. The molecule has 1 aromatic heterocycles. The Bertz CT molecular complexity index is 1170. The van der Waals surface area contributed by atoms with Gasteiger partial charge >= 0.3 is 0 Å². The molecule has 172 valence electrons. The molecule has 1 fully saturated rings. The van der Waals surface area contributed by atoms with E-state index in [2.05, 4.69) is 28.2 Å². The molecule has 1 aliphatic heterocycles. The maximum absolute atomic E-state index is 13.2. The summed E-state index contributed by atoms with van der Waals surface area (Å²) in [6, 6.07) is 15.8. The van der Waals surface area contributed by atoms with Crippen LogP contribution in [-0.4, -0.2) is 49.3 Å². The monoisotopic (exact) mass is 481 g/mol. The van der Waals surface area contributed by atoms with Gasteiger partial charge in [0.2, 0.25) is 0 Å². The molecule has 0 unspecified atom stereocenters. The minimum Gasteiger partial charge on any atom is -0.369 e. The van der Waals surface area contributed by atoms with Crippen LogP contribution in [-0.2, 0) is 0 Å². The standard InChI is InChI=1S/C26H28ClN3O2S/c1-17-7-8-22(30-11-9-29(3)10-12-30)15-23(17)26(32)28-18(2)19-5-4-6-20(13-19)21-14-24(25(27)31)33-16-21/h4-8,13-16,18H,9-12H2,1-3H3,(H,28,32)/t18-/m1/s1. The second-order valence-corrected chi connectivity index (χ2v) is 9.84. The SMILES string of the molecule is Cc1ccc(N2CCN(C)CC2)cc1C(=O)N[C@H](C)c1cccc(-c2csc(C(=O)Cl)c2)c1. The molecule has 2 aromatic carbocycles. The summed E-state index contributed by atoms with van der Waals surface area (Å²) >= 11 is 6.93. The van der Waals surface area contributed by atoms with Crippen LogP contribution in [0.2, 0.25) is 0 Å². The number of thiophene rings is 1. The highest BCUT2D eigenvalue weighted by Gasteiger charge is 2.19. The number of anilines is 1. The first-order valence-electron chi connectivity index (χ1n) is 11.1. The zero-order chi connectivity index (χ0) is 23.5. The number of hydrogen-bond donors (Lipinski definition) is 1. The van der Waals surface area contributed by atoms with E-state index in [4.69, 9.17) is 11.6 Å². The summed E-state index contributed by atoms with van der Waals surface area (Å²) < 4.78 is 0. The van der Waals surface area contributed by atoms with Crippen LogP contribution in [0.25, 0.3) is 11.1 Å². The van der Waals surface area contributed by atoms with Crippen LogP contribution in [0.15, 0.2) is 53.9 Å². The van der Waals surface area contributed by atoms with Gasteiger partial charge in [-0.05, 0) is 84.4 Å². The van der Waals surface area contributed by atoms with Crippen molar-refractivity contribution in [1.82, 2.24) is 10.2 Å². The van der Waals surface area contributed by atoms with E-state index in [1.807, 2.05) is 55.6 Å². The number of aryl methyl sites for hydroxylation is 1. The summed E-state index contributed by atoms with van der Waals surface area (Å²) in [5.74, 6) is -0.0769. The van der Waals surface area contributed by atoms with Crippen LogP contribution in [0.4, 0.5) is 5.69 Å². The van der Waals surface area contributed by atoms with Gasteiger partial charge < -0.3 is 15.1 Å². The van der Waals surface area contributed by atoms with Gasteiger partial charge in [-0.1, -0.05) is 24.3 Å². The van der Waals surface area contributed by atoms with E-state index in [9.17, 15) is 9.59 Å². The van der Waals surface area contributed by atoms with Crippen LogP contribution in [0.1, 0.15) is 44.1 Å². The van der Waals surface area contributed by atoms with Crippen molar-refractivity contribution < 1.29 is 9.59 Å². The zero-order valence-corrected chi connectivity index (χ0v) is 20.7. The van der Waals surface area contributed by atoms with Gasteiger partial charge in [0.1, 0.15) is 0 Å². The number of likely N-dealkylation sites (N-methyl/N-ethyl adjacent to an activating group) is 1. The molecular weight excluding hydrogens is 454 g/mol. The third-order valence-corrected chi connectivity index (χ3v) is 7.44. The predicted molar refractivity (Wildman–Crippen MR) is 137 cm³/mol. The minimum absolute atomic E-state index is 0.0769. The average Bonchev–Trinajstić information content (AvgIpc) is 3.31. The molecule has 4 rings (SSSR count). The lowest BCUT2D eigenvalue weighted by molar-refractivity contribution is 0.0939. The average molecular weight is 482 g/mol. The van der Waals surface area contributed by atoms with Gasteiger partial charge in [0.25, 0.3) is 11.1 Å². The molecule has 5 nitrogen and oxygen atoms in total. The Kier molecular flexibility index (Phi) is 7.17. The van der Waals surface area contributed by atoms with Crippen molar-refractivity contribution in [3.05, 3.63) is 75.5 Å². The topological polar surface area (TPSA) is 52.6 Å². The molecule has 1 atom stereocenters. The fourth-order valence-electron chi connectivity index (χ4n) is 4.05. The van der Waals surface area contributed by atoms with Gasteiger partial charge in [0.05, 0.1) is 10.9 Å². The van der Waals surface area contributed by atoms with E-state index in [1.54, 1.807) is 6.07 Å². The first-order chi connectivity index (χ1) is 15.8. The van der Waals surface area contributed by atoms with E-state index in [0.29, 0.717) is 10.4 Å². The van der Waals surface area contributed by atoms with Crippen LogP contribution >= 0.6 is 22.9 Å².